The summed E-state index contributed by atoms with van der Waals surface area (Å²) in [5.74, 6) is 0.652. The van der Waals surface area contributed by atoms with Crippen molar-refractivity contribution in [2.45, 2.75) is 20.4 Å². The Kier molecular flexibility index (Phi) is 5.73. The first kappa shape index (κ1) is 17.9. The predicted molar refractivity (Wildman–Crippen MR) is 101 cm³/mol. The molecule has 0 aliphatic carbocycles. The second-order valence-corrected chi connectivity index (χ2v) is 7.39. The van der Waals surface area contributed by atoms with E-state index < -0.39 is 0 Å². The lowest BCUT2D eigenvalue weighted by molar-refractivity contribution is 0.0342. The summed E-state index contributed by atoms with van der Waals surface area (Å²) in [7, 11) is 1.62. The minimum atomic E-state index is -0.0906. The molecule has 1 fully saturated rings. The number of nitrogens with zero attached hydrogens (tertiary/aromatic N) is 1. The molecule has 0 bridgehead atoms. The van der Waals surface area contributed by atoms with Gasteiger partial charge in [0.1, 0.15) is 10.8 Å². The average molecular weight is 360 g/mol. The van der Waals surface area contributed by atoms with E-state index in [0.29, 0.717) is 5.56 Å². The van der Waals surface area contributed by atoms with Crippen molar-refractivity contribution in [3.63, 3.8) is 0 Å². The first-order valence-electron chi connectivity index (χ1n) is 8.43. The molecular formula is C19H24N2O3S. The molecule has 0 atom stereocenters. The van der Waals surface area contributed by atoms with Gasteiger partial charge in [0.2, 0.25) is 0 Å². The zero-order valence-electron chi connectivity index (χ0n) is 14.9. The molecule has 2 heterocycles. The minimum absolute atomic E-state index is 0.0906. The number of rotatable bonds is 5. The lowest BCUT2D eigenvalue weighted by Crippen LogP contribution is -2.35. The van der Waals surface area contributed by atoms with Gasteiger partial charge in [-0.25, -0.2) is 0 Å². The van der Waals surface area contributed by atoms with Gasteiger partial charge in [0.15, 0.2) is 0 Å². The lowest BCUT2D eigenvalue weighted by Gasteiger charge is -2.27. The number of amides is 1. The van der Waals surface area contributed by atoms with Crippen LogP contribution in [-0.4, -0.2) is 44.2 Å². The van der Waals surface area contributed by atoms with Gasteiger partial charge in [-0.05, 0) is 43.7 Å². The number of hydrogen-bond donors (Lipinski definition) is 1. The topological polar surface area (TPSA) is 50.8 Å². The SMILES string of the molecule is COc1ccc(C(=O)Nc2sc(C)c(C)c2CN2CCOCC2)cc1. The van der Waals surface area contributed by atoms with Crippen LogP contribution in [0, 0.1) is 13.8 Å². The first-order chi connectivity index (χ1) is 12.1. The standard InChI is InChI=1S/C19H24N2O3S/c1-13-14(2)25-19(17(13)12-21-8-10-24-11-9-21)20-18(22)15-4-6-16(23-3)7-5-15/h4-7H,8-12H2,1-3H3,(H,20,22). The van der Waals surface area contributed by atoms with Gasteiger partial charge >= 0.3 is 0 Å². The van der Waals surface area contributed by atoms with Gasteiger partial charge in [-0.15, -0.1) is 11.3 Å². The third-order valence-corrected chi connectivity index (χ3v) is 5.74. The molecule has 0 unspecified atom stereocenters. The highest BCUT2D eigenvalue weighted by Gasteiger charge is 2.19. The Morgan fingerprint density at radius 1 is 1.24 bits per heavy atom. The van der Waals surface area contributed by atoms with E-state index in [2.05, 4.69) is 24.1 Å². The van der Waals surface area contributed by atoms with Crippen LogP contribution in [0.25, 0.3) is 0 Å². The van der Waals surface area contributed by atoms with E-state index in [1.165, 1.54) is 16.0 Å². The summed E-state index contributed by atoms with van der Waals surface area (Å²) in [6.45, 7) is 8.49. The molecule has 0 spiro atoms. The monoisotopic (exact) mass is 360 g/mol. The number of nitrogens with one attached hydrogen (secondary N) is 1. The van der Waals surface area contributed by atoms with Gasteiger partial charge in [0.05, 0.1) is 20.3 Å². The zero-order valence-corrected chi connectivity index (χ0v) is 15.7. The third-order valence-electron chi connectivity index (χ3n) is 4.57. The van der Waals surface area contributed by atoms with Gasteiger partial charge in [-0.1, -0.05) is 0 Å². The summed E-state index contributed by atoms with van der Waals surface area (Å²) in [5.41, 5.74) is 3.11. The van der Waals surface area contributed by atoms with Crippen molar-refractivity contribution in [1.82, 2.24) is 4.90 Å². The summed E-state index contributed by atoms with van der Waals surface area (Å²) in [4.78, 5) is 16.2. The van der Waals surface area contributed by atoms with E-state index in [-0.39, 0.29) is 5.91 Å². The van der Waals surface area contributed by atoms with Crippen LogP contribution in [0.5, 0.6) is 5.75 Å². The zero-order chi connectivity index (χ0) is 17.8. The molecular weight excluding hydrogens is 336 g/mol. The Morgan fingerprint density at radius 3 is 2.56 bits per heavy atom. The maximum Gasteiger partial charge on any atom is 0.256 e. The van der Waals surface area contributed by atoms with Crippen LogP contribution in [-0.2, 0) is 11.3 Å². The number of hydrogen-bond acceptors (Lipinski definition) is 5. The molecule has 6 heteroatoms. The van der Waals surface area contributed by atoms with E-state index >= 15 is 0 Å². The van der Waals surface area contributed by atoms with Crippen molar-refractivity contribution in [3.05, 3.63) is 45.8 Å². The second kappa shape index (κ2) is 7.99. The van der Waals surface area contributed by atoms with E-state index in [9.17, 15) is 4.79 Å². The number of ether oxygens (including phenoxy) is 2. The highest BCUT2D eigenvalue weighted by molar-refractivity contribution is 7.16. The molecule has 0 saturated carbocycles. The third kappa shape index (κ3) is 4.21. The molecule has 1 aliphatic heterocycles. The van der Waals surface area contributed by atoms with Crippen LogP contribution in [0.15, 0.2) is 24.3 Å². The van der Waals surface area contributed by atoms with Gasteiger partial charge in [0.25, 0.3) is 5.91 Å². The minimum Gasteiger partial charge on any atom is -0.497 e. The maximum atomic E-state index is 12.6. The number of anilines is 1. The van der Waals surface area contributed by atoms with Gasteiger partial charge < -0.3 is 14.8 Å². The largest absolute Gasteiger partial charge is 0.497 e. The number of methoxy groups -OCH3 is 1. The van der Waals surface area contributed by atoms with E-state index in [1.54, 1.807) is 42.7 Å². The molecule has 1 aromatic heterocycles. The molecule has 0 radical (unpaired) electrons. The van der Waals surface area contributed by atoms with Gasteiger partial charge in [-0.3, -0.25) is 9.69 Å². The second-order valence-electron chi connectivity index (χ2n) is 6.16. The van der Waals surface area contributed by atoms with Crippen molar-refractivity contribution in [3.8, 4) is 5.75 Å². The maximum absolute atomic E-state index is 12.6. The smallest absolute Gasteiger partial charge is 0.256 e. The van der Waals surface area contributed by atoms with Crippen molar-refractivity contribution in [1.29, 1.82) is 0 Å². The number of morpholine rings is 1. The van der Waals surface area contributed by atoms with Crippen LogP contribution in [0.1, 0.15) is 26.4 Å². The molecule has 3 rings (SSSR count). The van der Waals surface area contributed by atoms with Crippen LogP contribution in [0.4, 0.5) is 5.00 Å². The van der Waals surface area contributed by atoms with Gasteiger partial charge in [-0.2, -0.15) is 0 Å². The number of thiophene rings is 1. The quantitative estimate of drug-likeness (QED) is 0.887. The molecule has 1 N–H and O–H groups in total. The highest BCUT2D eigenvalue weighted by Crippen LogP contribution is 2.34. The van der Waals surface area contributed by atoms with Crippen molar-refractivity contribution in [2.24, 2.45) is 0 Å². The molecule has 1 amide bonds. The Morgan fingerprint density at radius 2 is 1.92 bits per heavy atom. The van der Waals surface area contributed by atoms with E-state index in [1.807, 2.05) is 0 Å². The summed E-state index contributed by atoms with van der Waals surface area (Å²) in [6.07, 6.45) is 0. The summed E-state index contributed by atoms with van der Waals surface area (Å²) in [6, 6.07) is 7.16. The van der Waals surface area contributed by atoms with Crippen LogP contribution >= 0.6 is 11.3 Å². The van der Waals surface area contributed by atoms with E-state index in [0.717, 1.165) is 43.6 Å². The molecule has 2 aromatic rings. The van der Waals surface area contributed by atoms with Crippen molar-refractivity contribution in [2.75, 3.05) is 38.7 Å². The van der Waals surface area contributed by atoms with Crippen LogP contribution < -0.4 is 10.1 Å². The molecule has 1 aliphatic rings. The Bertz CT molecular complexity index is 734. The molecule has 134 valence electrons. The average Bonchev–Trinajstić information content (AvgIpc) is 2.90. The molecule has 1 aromatic carbocycles. The normalized spacial score (nSPS) is 15.2. The molecule has 1 saturated heterocycles. The molecule has 5 nitrogen and oxygen atoms in total. The van der Waals surface area contributed by atoms with Crippen LogP contribution in [0.2, 0.25) is 0 Å². The first-order valence-corrected chi connectivity index (χ1v) is 9.24. The van der Waals surface area contributed by atoms with Crippen molar-refractivity contribution >= 4 is 22.2 Å². The number of benzene rings is 1. The van der Waals surface area contributed by atoms with Crippen molar-refractivity contribution < 1.29 is 14.3 Å². The van der Waals surface area contributed by atoms with Crippen LogP contribution in [0.3, 0.4) is 0 Å². The predicted octanol–water partition coefficient (Wildman–Crippen LogP) is 3.46. The number of carbonyl (C=O) groups excluding carboxylic acids is 1. The number of aryl methyl sites for hydroxylation is 1. The highest BCUT2D eigenvalue weighted by atomic mass is 32.1. The number of carbonyl (C=O) groups is 1. The summed E-state index contributed by atoms with van der Waals surface area (Å²) < 4.78 is 10.6. The Hall–Kier alpha value is -1.89. The van der Waals surface area contributed by atoms with E-state index in [4.69, 9.17) is 9.47 Å². The fourth-order valence-electron chi connectivity index (χ4n) is 2.87. The Labute approximate surface area is 152 Å². The summed E-state index contributed by atoms with van der Waals surface area (Å²) in [5, 5.41) is 4.04. The summed E-state index contributed by atoms with van der Waals surface area (Å²) >= 11 is 1.65. The fraction of sp³-hybridized carbons (Fsp3) is 0.421. The molecule has 25 heavy (non-hydrogen) atoms. The van der Waals surface area contributed by atoms with Gasteiger partial charge in [0, 0.05) is 35.6 Å². The Balaban J connectivity index is 1.76. The lowest BCUT2D eigenvalue weighted by atomic mass is 10.1. The fourth-order valence-corrected chi connectivity index (χ4v) is 3.93.